The van der Waals surface area contributed by atoms with Crippen LogP contribution in [-0.2, 0) is 0 Å². The molecule has 5 nitrogen and oxygen atoms in total. The first kappa shape index (κ1) is 22.3. The molecule has 2 N–H and O–H groups in total. The summed E-state index contributed by atoms with van der Waals surface area (Å²) in [5, 5.41) is 9.45. The summed E-state index contributed by atoms with van der Waals surface area (Å²) in [6.45, 7) is 12.1. The number of carbonyl (C=O) groups is 1. The Morgan fingerprint density at radius 3 is 2.78 bits per heavy atom. The first-order chi connectivity index (χ1) is 12.7. The van der Waals surface area contributed by atoms with Crippen molar-refractivity contribution < 1.29 is 28.4 Å². The van der Waals surface area contributed by atoms with Crippen molar-refractivity contribution in [1.29, 1.82) is 0 Å². The van der Waals surface area contributed by atoms with E-state index in [0.717, 1.165) is 5.75 Å². The van der Waals surface area contributed by atoms with E-state index >= 15 is 0 Å². The summed E-state index contributed by atoms with van der Waals surface area (Å²) in [6, 6.07) is 9.55. The zero-order chi connectivity index (χ0) is 18.6. The van der Waals surface area contributed by atoms with Gasteiger partial charge >= 0.3 is 18.9 Å². The molecule has 27 heavy (non-hydrogen) atoms. The zero-order valence-corrected chi connectivity index (χ0v) is 15.4. The van der Waals surface area contributed by atoms with Gasteiger partial charge in [0.1, 0.15) is 11.4 Å². The quantitative estimate of drug-likeness (QED) is 0.283. The average Bonchev–Trinajstić information content (AvgIpc) is 3.14. The monoisotopic (exact) mass is 354 g/mol. The Hall–Kier alpha value is -2.74. The third-order valence-electron chi connectivity index (χ3n) is 3.37. The number of amides is 1. The molecule has 0 aliphatic rings. The smallest absolute Gasteiger partial charge is 0.494 e. The van der Waals surface area contributed by atoms with Crippen LogP contribution in [0.5, 0.6) is 5.75 Å². The topological polar surface area (TPSA) is 67.0 Å². The van der Waals surface area contributed by atoms with Crippen LogP contribution in [0.4, 0.5) is 0 Å². The molecule has 0 unspecified atom stereocenters. The van der Waals surface area contributed by atoms with Crippen molar-refractivity contribution in [2.75, 3.05) is 13.2 Å². The van der Waals surface area contributed by atoms with Crippen LogP contribution in [-0.4, -0.2) is 29.3 Å². The molecule has 2 aromatic rings. The molecule has 2 rings (SSSR count). The minimum atomic E-state index is -0.230. The van der Waals surface area contributed by atoms with E-state index in [0.29, 0.717) is 36.4 Å². The number of aromatic nitrogens is 2. The first-order valence-electron chi connectivity index (χ1n) is 8.22. The Balaban J connectivity index is 0.00000364. The van der Waals surface area contributed by atoms with E-state index in [4.69, 9.17) is 17.9 Å². The van der Waals surface area contributed by atoms with Crippen LogP contribution in [0.2, 0.25) is 0 Å². The number of nitrogens with zero attached hydrogens (tertiary/aromatic N) is 1. The zero-order valence-electron chi connectivity index (χ0n) is 15.4. The molecule has 1 aromatic heterocycles. The molecule has 1 aromatic carbocycles. The maximum atomic E-state index is 12.2. The maximum Gasteiger partial charge on any atom is 1.00 e. The van der Waals surface area contributed by atoms with Crippen molar-refractivity contribution in [2.45, 2.75) is 6.42 Å². The van der Waals surface area contributed by atoms with Crippen molar-refractivity contribution in [3.63, 3.8) is 0 Å². The number of ether oxygens (including phenoxy) is 1. The Morgan fingerprint density at radius 1 is 1.26 bits per heavy atom. The van der Waals surface area contributed by atoms with Crippen LogP contribution < -0.4 is 28.9 Å². The van der Waals surface area contributed by atoms with E-state index < -0.39 is 0 Å². The minimum absolute atomic E-state index is 0. The number of aromatic amines is 1. The van der Waals surface area contributed by atoms with E-state index in [2.05, 4.69) is 15.5 Å². The number of allylic oxidation sites excluding steroid dienone is 5. The molecule has 0 bridgehead atoms. The second kappa shape index (κ2) is 12.6. The van der Waals surface area contributed by atoms with Gasteiger partial charge in [0.2, 0.25) is 0 Å². The summed E-state index contributed by atoms with van der Waals surface area (Å²) in [5.41, 5.74) is 1.54. The summed E-state index contributed by atoms with van der Waals surface area (Å²) in [5.74, 6) is 0.584. The Kier molecular flexibility index (Phi) is 10.4. The first-order valence-corrected chi connectivity index (χ1v) is 8.22. The second-order valence-electron chi connectivity index (χ2n) is 5.36. The van der Waals surface area contributed by atoms with Gasteiger partial charge in [-0.3, -0.25) is 28.6 Å². The van der Waals surface area contributed by atoms with E-state index in [9.17, 15) is 4.79 Å². The number of benzene rings is 1. The van der Waals surface area contributed by atoms with Gasteiger partial charge in [0, 0.05) is 12.1 Å². The molecule has 0 aliphatic carbocycles. The molecule has 0 atom stereocenters. The Morgan fingerprint density at radius 2 is 2.04 bits per heavy atom. The van der Waals surface area contributed by atoms with Crippen molar-refractivity contribution in [3.05, 3.63) is 90.8 Å². The fourth-order valence-corrected chi connectivity index (χ4v) is 2.08. The molecule has 0 radical (unpaired) electrons. The van der Waals surface area contributed by atoms with Crippen LogP contribution in [0.25, 0.3) is 6.08 Å². The summed E-state index contributed by atoms with van der Waals surface area (Å²) in [4.78, 5) is 12.2. The van der Waals surface area contributed by atoms with Gasteiger partial charge in [-0.25, -0.2) is 18.2 Å². The molecule has 0 aliphatic heterocycles. The van der Waals surface area contributed by atoms with Crippen LogP contribution in [0, 0.1) is 13.2 Å². The Bertz CT molecular complexity index is 795. The van der Waals surface area contributed by atoms with Gasteiger partial charge in [0.25, 0.3) is 5.91 Å². The maximum absolute atomic E-state index is 12.2. The standard InChI is InChI=1S/C21H21N3O2.Li/c1-3-4-9-17(2)12-13-18-16-23-24-20(18)21(25)22-14-8-15-26-19-10-6-5-7-11-19;/h1-7,9-13,16H,8,14-15H2,(H,22,25)(H,23,24);/q-2;+1/b9-4-,13-12+;. The molecule has 6 heteroatoms. The Labute approximate surface area is 172 Å². The van der Waals surface area contributed by atoms with Crippen molar-refractivity contribution >= 4 is 12.0 Å². The van der Waals surface area contributed by atoms with Gasteiger partial charge in [0.05, 0.1) is 12.8 Å². The predicted octanol–water partition coefficient (Wildman–Crippen LogP) is 0.531. The summed E-state index contributed by atoms with van der Waals surface area (Å²) >= 11 is 0. The summed E-state index contributed by atoms with van der Waals surface area (Å²) in [6.07, 6.45) is 10.3. The van der Waals surface area contributed by atoms with Crippen molar-refractivity contribution in [1.82, 2.24) is 15.5 Å². The fraction of sp³-hybridized carbons (Fsp3) is 0.143. The third-order valence-corrected chi connectivity index (χ3v) is 3.37. The molecule has 134 valence electrons. The van der Waals surface area contributed by atoms with Gasteiger partial charge < -0.3 is 10.1 Å². The van der Waals surface area contributed by atoms with Crippen LogP contribution >= 0.6 is 0 Å². The van der Waals surface area contributed by atoms with Crippen molar-refractivity contribution in [3.8, 4) is 5.75 Å². The number of hydrogen-bond donors (Lipinski definition) is 2. The third kappa shape index (κ3) is 7.99. The van der Waals surface area contributed by atoms with E-state index in [1.54, 1.807) is 30.5 Å². The average molecular weight is 354 g/mol. The molecule has 1 heterocycles. The fourth-order valence-electron chi connectivity index (χ4n) is 2.08. The van der Waals surface area contributed by atoms with E-state index in [1.165, 1.54) is 6.08 Å². The molecule has 1 amide bonds. The molecule has 0 fully saturated rings. The molecule has 0 saturated carbocycles. The number of carbonyl (C=O) groups excluding carboxylic acids is 1. The SMILES string of the molecule is [CH-]=C/C=C\C(=[CH-])/C=C/c1cn[nH]c1C(=O)NCCCOc1ccccc1.[Li+]. The minimum Gasteiger partial charge on any atom is -0.494 e. The number of hydrogen-bond acceptors (Lipinski definition) is 3. The van der Waals surface area contributed by atoms with Crippen LogP contribution in [0.1, 0.15) is 22.5 Å². The second-order valence-corrected chi connectivity index (χ2v) is 5.36. The summed E-state index contributed by atoms with van der Waals surface area (Å²) in [7, 11) is 0. The van der Waals surface area contributed by atoms with Gasteiger partial charge in [-0.05, 0) is 18.6 Å². The number of nitrogens with one attached hydrogen (secondary N) is 2. The van der Waals surface area contributed by atoms with Gasteiger partial charge in [-0.2, -0.15) is 11.2 Å². The van der Waals surface area contributed by atoms with Crippen molar-refractivity contribution in [2.24, 2.45) is 0 Å². The van der Waals surface area contributed by atoms with Crippen LogP contribution in [0.15, 0.2) is 66.4 Å². The molecular formula is C21H21LiN3O2-. The van der Waals surface area contributed by atoms with Crippen LogP contribution in [0.3, 0.4) is 0 Å². The predicted molar refractivity (Wildman–Crippen MR) is 102 cm³/mol. The number of para-hydroxylation sites is 1. The largest absolute Gasteiger partial charge is 1.00 e. The van der Waals surface area contributed by atoms with Gasteiger partial charge in [-0.1, -0.05) is 18.2 Å². The number of rotatable bonds is 10. The summed E-state index contributed by atoms with van der Waals surface area (Å²) < 4.78 is 5.58. The van der Waals surface area contributed by atoms with E-state index in [1.807, 2.05) is 30.3 Å². The molecular weight excluding hydrogens is 333 g/mol. The number of H-pyrrole nitrogens is 1. The normalized spacial score (nSPS) is 10.5. The van der Waals surface area contributed by atoms with Gasteiger partial charge in [0.15, 0.2) is 0 Å². The van der Waals surface area contributed by atoms with E-state index in [-0.39, 0.29) is 24.8 Å². The molecule has 0 saturated heterocycles. The van der Waals surface area contributed by atoms with Gasteiger partial charge in [-0.15, -0.1) is 6.08 Å². The molecule has 0 spiro atoms.